The summed E-state index contributed by atoms with van der Waals surface area (Å²) in [6, 6.07) is 15.1. The lowest BCUT2D eigenvalue weighted by Crippen LogP contribution is -2.17. The highest BCUT2D eigenvalue weighted by Crippen LogP contribution is 2.29. The Morgan fingerprint density at radius 1 is 1.14 bits per heavy atom. The highest BCUT2D eigenvalue weighted by molar-refractivity contribution is 9.10. The molecule has 0 saturated heterocycles. The van der Waals surface area contributed by atoms with Crippen LogP contribution in [0.4, 0.5) is 5.69 Å². The second kappa shape index (κ2) is 8.40. The molecule has 6 nitrogen and oxygen atoms in total. The lowest BCUT2D eigenvalue weighted by Gasteiger charge is -2.12. The average molecular weight is 481 g/mol. The van der Waals surface area contributed by atoms with Gasteiger partial charge in [0, 0.05) is 27.5 Å². The molecule has 1 amide bonds. The van der Waals surface area contributed by atoms with E-state index in [1.165, 1.54) is 12.3 Å². The number of nitrogens with two attached hydrogens (primary N) is 1. The molecule has 0 aliphatic heterocycles. The molecule has 0 radical (unpaired) electrons. The first-order chi connectivity index (χ1) is 13.2. The van der Waals surface area contributed by atoms with E-state index in [1.54, 1.807) is 24.3 Å². The van der Waals surface area contributed by atoms with Gasteiger partial charge < -0.3 is 5.32 Å². The molecule has 0 aliphatic rings. The number of hydrogen-bond acceptors (Lipinski definition) is 4. The number of halogens is 2. The maximum Gasteiger partial charge on any atom is 0.238 e. The molecule has 144 valence electrons. The summed E-state index contributed by atoms with van der Waals surface area (Å²) in [5.74, 6) is -0.284. The molecule has 0 saturated carbocycles. The minimum absolute atomic E-state index is 0.115. The van der Waals surface area contributed by atoms with Crippen LogP contribution < -0.4 is 10.5 Å². The summed E-state index contributed by atoms with van der Waals surface area (Å²) in [4.78, 5) is 16.2. The number of hydrogen-bond donors (Lipinski definition) is 2. The fourth-order valence-corrected chi connectivity index (χ4v) is 3.95. The molecule has 0 bridgehead atoms. The quantitative estimate of drug-likeness (QED) is 0.539. The van der Waals surface area contributed by atoms with Crippen molar-refractivity contribution in [3.05, 3.63) is 76.0 Å². The number of pyridine rings is 1. The van der Waals surface area contributed by atoms with Crippen molar-refractivity contribution in [2.24, 2.45) is 5.14 Å². The summed E-state index contributed by atoms with van der Waals surface area (Å²) in [5.41, 5.74) is 2.05. The van der Waals surface area contributed by atoms with E-state index in [-0.39, 0.29) is 22.4 Å². The fourth-order valence-electron chi connectivity index (χ4n) is 2.63. The van der Waals surface area contributed by atoms with Crippen LogP contribution in [0.1, 0.15) is 5.56 Å². The van der Waals surface area contributed by atoms with Crippen LogP contribution in [0.3, 0.4) is 0 Å². The van der Waals surface area contributed by atoms with Crippen molar-refractivity contribution in [2.75, 3.05) is 5.32 Å². The maximum atomic E-state index is 12.4. The fraction of sp³-hybridized carbons (Fsp3) is 0.0526. The number of anilines is 1. The maximum absolute atomic E-state index is 12.4. The first-order valence-electron chi connectivity index (χ1n) is 8.06. The summed E-state index contributed by atoms with van der Waals surface area (Å²) < 4.78 is 25.0. The largest absolute Gasteiger partial charge is 0.326 e. The number of nitrogens with one attached hydrogen (secondary N) is 1. The van der Waals surface area contributed by atoms with Crippen LogP contribution in [0.2, 0.25) is 5.15 Å². The van der Waals surface area contributed by atoms with Gasteiger partial charge in [-0.25, -0.2) is 18.5 Å². The molecule has 0 unspecified atom stereocenters. The normalized spacial score (nSPS) is 11.2. The van der Waals surface area contributed by atoms with Gasteiger partial charge in [-0.3, -0.25) is 4.79 Å². The van der Waals surface area contributed by atoms with E-state index in [4.69, 9.17) is 16.7 Å². The van der Waals surface area contributed by atoms with Crippen LogP contribution in [-0.2, 0) is 21.2 Å². The number of carbonyl (C=O) groups excluding carboxylic acids is 1. The van der Waals surface area contributed by atoms with Gasteiger partial charge in [-0.2, -0.15) is 0 Å². The molecular formula is C19H15BrClN3O3S. The molecule has 28 heavy (non-hydrogen) atoms. The summed E-state index contributed by atoms with van der Waals surface area (Å²) in [7, 11) is -4.04. The van der Waals surface area contributed by atoms with Gasteiger partial charge in [0.15, 0.2) is 0 Å². The number of rotatable bonds is 5. The first kappa shape index (κ1) is 20.5. The third kappa shape index (κ3) is 4.96. The van der Waals surface area contributed by atoms with E-state index in [0.29, 0.717) is 16.8 Å². The third-order valence-electron chi connectivity index (χ3n) is 3.92. The standard InChI is InChI=1S/C19H15BrClN3O3S/c20-16-4-2-1-3-12(16)9-19(25)24-14-6-7-15(17(10-14)28(22,26)27)13-5-8-18(21)23-11-13/h1-8,10-11H,9H2,(H,24,25)(H2,22,26,27). The minimum Gasteiger partial charge on any atom is -0.326 e. The zero-order valence-electron chi connectivity index (χ0n) is 14.4. The van der Waals surface area contributed by atoms with Crippen LogP contribution >= 0.6 is 27.5 Å². The topological polar surface area (TPSA) is 102 Å². The molecule has 3 aromatic rings. The van der Waals surface area contributed by atoms with Crippen LogP contribution in [0.25, 0.3) is 11.1 Å². The zero-order chi connectivity index (χ0) is 20.3. The van der Waals surface area contributed by atoms with Gasteiger partial charge in [-0.1, -0.05) is 51.8 Å². The summed E-state index contributed by atoms with van der Waals surface area (Å²) in [6.07, 6.45) is 1.59. The third-order valence-corrected chi connectivity index (χ3v) is 5.87. The van der Waals surface area contributed by atoms with E-state index >= 15 is 0 Å². The van der Waals surface area contributed by atoms with Crippen molar-refractivity contribution >= 4 is 49.1 Å². The molecule has 1 aromatic heterocycles. The average Bonchev–Trinajstić information content (AvgIpc) is 2.64. The van der Waals surface area contributed by atoms with Crippen molar-refractivity contribution in [1.82, 2.24) is 4.98 Å². The molecule has 9 heteroatoms. The summed E-state index contributed by atoms with van der Waals surface area (Å²) in [6.45, 7) is 0. The number of nitrogens with zero attached hydrogens (tertiary/aromatic N) is 1. The molecule has 3 N–H and O–H groups in total. The zero-order valence-corrected chi connectivity index (χ0v) is 17.6. The van der Waals surface area contributed by atoms with Crippen LogP contribution in [0.5, 0.6) is 0 Å². The van der Waals surface area contributed by atoms with Gasteiger partial charge in [0.2, 0.25) is 15.9 Å². The molecule has 0 atom stereocenters. The van der Waals surface area contributed by atoms with E-state index < -0.39 is 10.0 Å². The Labute approximate surface area is 175 Å². The molecule has 0 fully saturated rings. The molecule has 2 aromatic carbocycles. The number of sulfonamides is 1. The van der Waals surface area contributed by atoms with E-state index in [0.717, 1.165) is 10.0 Å². The predicted octanol–water partition coefficient (Wildman–Crippen LogP) is 3.99. The Bertz CT molecular complexity index is 1140. The molecule has 0 aliphatic carbocycles. The van der Waals surface area contributed by atoms with E-state index in [1.807, 2.05) is 24.3 Å². The minimum atomic E-state index is -4.04. The van der Waals surface area contributed by atoms with Crippen molar-refractivity contribution < 1.29 is 13.2 Å². The van der Waals surface area contributed by atoms with Gasteiger partial charge in [0.1, 0.15) is 5.15 Å². The van der Waals surface area contributed by atoms with Crippen LogP contribution in [0.15, 0.2) is 70.2 Å². The Hall–Kier alpha value is -2.26. The van der Waals surface area contributed by atoms with Gasteiger partial charge >= 0.3 is 0 Å². The number of benzene rings is 2. The first-order valence-corrected chi connectivity index (χ1v) is 10.8. The van der Waals surface area contributed by atoms with Gasteiger partial charge in [0.25, 0.3) is 0 Å². The predicted molar refractivity (Wildman–Crippen MR) is 113 cm³/mol. The van der Waals surface area contributed by atoms with Crippen molar-refractivity contribution in [1.29, 1.82) is 0 Å². The Kier molecular flexibility index (Phi) is 6.14. The Balaban J connectivity index is 1.90. The second-order valence-corrected chi connectivity index (χ2v) is 8.71. The van der Waals surface area contributed by atoms with E-state index in [9.17, 15) is 13.2 Å². The monoisotopic (exact) mass is 479 g/mol. The summed E-state index contributed by atoms with van der Waals surface area (Å²) >= 11 is 9.18. The SMILES string of the molecule is NS(=O)(=O)c1cc(NC(=O)Cc2ccccc2Br)ccc1-c1ccc(Cl)nc1. The molecule has 1 heterocycles. The van der Waals surface area contributed by atoms with E-state index in [2.05, 4.69) is 26.2 Å². The van der Waals surface area contributed by atoms with Gasteiger partial charge in [-0.05, 0) is 35.9 Å². The van der Waals surface area contributed by atoms with Crippen molar-refractivity contribution in [2.45, 2.75) is 11.3 Å². The van der Waals surface area contributed by atoms with Gasteiger partial charge in [-0.15, -0.1) is 0 Å². The number of aromatic nitrogens is 1. The van der Waals surface area contributed by atoms with Gasteiger partial charge in [0.05, 0.1) is 11.3 Å². The second-order valence-electron chi connectivity index (χ2n) is 5.94. The Morgan fingerprint density at radius 3 is 2.54 bits per heavy atom. The number of carbonyl (C=O) groups is 1. The molecular weight excluding hydrogens is 466 g/mol. The van der Waals surface area contributed by atoms with Crippen molar-refractivity contribution in [3.63, 3.8) is 0 Å². The highest BCUT2D eigenvalue weighted by Gasteiger charge is 2.17. The van der Waals surface area contributed by atoms with Crippen LogP contribution in [-0.4, -0.2) is 19.3 Å². The lowest BCUT2D eigenvalue weighted by molar-refractivity contribution is -0.115. The molecule has 0 spiro atoms. The Morgan fingerprint density at radius 2 is 1.89 bits per heavy atom. The summed E-state index contributed by atoms with van der Waals surface area (Å²) in [5, 5.41) is 8.36. The highest BCUT2D eigenvalue weighted by atomic mass is 79.9. The van der Waals surface area contributed by atoms with Crippen molar-refractivity contribution in [3.8, 4) is 11.1 Å². The number of amides is 1. The smallest absolute Gasteiger partial charge is 0.238 e. The molecule has 3 rings (SSSR count). The van der Waals surface area contributed by atoms with Crippen LogP contribution in [0, 0.1) is 0 Å². The number of primary sulfonamides is 1. The lowest BCUT2D eigenvalue weighted by atomic mass is 10.1.